The van der Waals surface area contributed by atoms with E-state index in [9.17, 15) is 4.79 Å². The quantitative estimate of drug-likeness (QED) is 0.312. The molecule has 1 rings (SSSR count). The Balaban J connectivity index is 2.92. The van der Waals surface area contributed by atoms with Crippen molar-refractivity contribution in [1.82, 2.24) is 0 Å². The summed E-state index contributed by atoms with van der Waals surface area (Å²) in [5.74, 6) is 1.70. The summed E-state index contributed by atoms with van der Waals surface area (Å²) >= 11 is 0. The van der Waals surface area contributed by atoms with E-state index in [2.05, 4.69) is 88.0 Å². The molecule has 1 aliphatic carbocycles. The van der Waals surface area contributed by atoms with Crippen molar-refractivity contribution in [3.63, 3.8) is 0 Å². The zero-order chi connectivity index (χ0) is 23.4. The molecule has 0 aromatic heterocycles. The van der Waals surface area contributed by atoms with Gasteiger partial charge in [-0.25, -0.2) is 0 Å². The van der Waals surface area contributed by atoms with Gasteiger partial charge in [-0.3, -0.25) is 4.79 Å². The standard InChI is InChI=1S/C26H52O2Si2/c1-18(2)30(19(3)4,20(5)6)28-17-22(8)25-15-13-21(7)24(26(25)27)16-14-23(9)29(10,11)12/h14,18-22,24-25H,13,15-17H2,1-12H3/b23-14+/t21-,22+,24+,25+/m1/s1. The summed E-state index contributed by atoms with van der Waals surface area (Å²) in [6, 6.07) is 0. The second-order valence-electron chi connectivity index (χ2n) is 12.1. The van der Waals surface area contributed by atoms with Crippen molar-refractivity contribution in [2.75, 3.05) is 6.61 Å². The van der Waals surface area contributed by atoms with E-state index in [4.69, 9.17) is 4.43 Å². The number of hydrogen-bond donors (Lipinski definition) is 0. The summed E-state index contributed by atoms with van der Waals surface area (Å²) in [5, 5.41) is 1.53. The minimum atomic E-state index is -1.87. The van der Waals surface area contributed by atoms with Crippen molar-refractivity contribution >= 4 is 22.2 Å². The highest BCUT2D eigenvalue weighted by atomic mass is 28.4. The van der Waals surface area contributed by atoms with E-state index in [1.54, 1.807) is 0 Å². The van der Waals surface area contributed by atoms with Crippen LogP contribution in [0.25, 0.3) is 0 Å². The summed E-state index contributed by atoms with van der Waals surface area (Å²) < 4.78 is 6.86. The van der Waals surface area contributed by atoms with Crippen LogP contribution in [0.3, 0.4) is 0 Å². The van der Waals surface area contributed by atoms with Crippen molar-refractivity contribution in [2.45, 2.75) is 118 Å². The first-order valence-electron chi connectivity index (χ1n) is 12.5. The molecule has 1 fully saturated rings. The van der Waals surface area contributed by atoms with Gasteiger partial charge in [-0.1, -0.05) is 86.3 Å². The summed E-state index contributed by atoms with van der Waals surface area (Å²) in [5.41, 5.74) is 1.78. The molecule has 4 heteroatoms. The van der Waals surface area contributed by atoms with Gasteiger partial charge in [0.1, 0.15) is 5.78 Å². The molecule has 0 heterocycles. The summed E-state index contributed by atoms with van der Waals surface area (Å²) in [6.07, 6.45) is 5.54. The van der Waals surface area contributed by atoms with Gasteiger partial charge in [-0.15, -0.1) is 0 Å². The first-order valence-corrected chi connectivity index (χ1v) is 18.1. The van der Waals surface area contributed by atoms with Crippen LogP contribution in [-0.4, -0.2) is 28.8 Å². The maximum Gasteiger partial charge on any atom is 0.200 e. The highest BCUT2D eigenvalue weighted by Gasteiger charge is 2.46. The van der Waals surface area contributed by atoms with Crippen molar-refractivity contribution < 1.29 is 9.22 Å². The molecular formula is C26H52O2Si2. The molecule has 1 saturated carbocycles. The van der Waals surface area contributed by atoms with Gasteiger partial charge in [-0.2, -0.15) is 0 Å². The first kappa shape index (κ1) is 27.8. The molecule has 30 heavy (non-hydrogen) atoms. The largest absolute Gasteiger partial charge is 0.416 e. The molecule has 0 N–H and O–H groups in total. The average Bonchev–Trinajstić information content (AvgIpc) is 2.59. The van der Waals surface area contributed by atoms with E-state index in [-0.39, 0.29) is 11.8 Å². The van der Waals surface area contributed by atoms with Crippen LogP contribution in [0, 0.1) is 23.7 Å². The zero-order valence-electron chi connectivity index (χ0n) is 22.3. The summed E-state index contributed by atoms with van der Waals surface area (Å²) in [6.45, 7) is 28.8. The van der Waals surface area contributed by atoms with Gasteiger partial charge in [0.25, 0.3) is 0 Å². The molecule has 0 bridgehead atoms. The zero-order valence-corrected chi connectivity index (χ0v) is 24.3. The minimum Gasteiger partial charge on any atom is -0.416 e. The van der Waals surface area contributed by atoms with Gasteiger partial charge in [0.2, 0.25) is 0 Å². The van der Waals surface area contributed by atoms with Gasteiger partial charge in [0.05, 0.1) is 8.07 Å². The lowest BCUT2D eigenvalue weighted by atomic mass is 9.69. The fourth-order valence-electron chi connectivity index (χ4n) is 5.76. The van der Waals surface area contributed by atoms with Crippen LogP contribution in [0.2, 0.25) is 36.3 Å². The van der Waals surface area contributed by atoms with Crippen LogP contribution in [0.5, 0.6) is 0 Å². The van der Waals surface area contributed by atoms with E-state index in [0.29, 0.717) is 34.2 Å². The van der Waals surface area contributed by atoms with Crippen molar-refractivity contribution in [3.05, 3.63) is 11.3 Å². The highest BCUT2D eigenvalue weighted by molar-refractivity contribution is 6.82. The predicted molar refractivity (Wildman–Crippen MR) is 138 cm³/mol. The smallest absolute Gasteiger partial charge is 0.200 e. The average molecular weight is 453 g/mol. The third kappa shape index (κ3) is 6.41. The van der Waals surface area contributed by atoms with E-state index >= 15 is 0 Å². The molecule has 0 radical (unpaired) electrons. The Bertz CT molecular complexity index is 565. The van der Waals surface area contributed by atoms with Crippen LogP contribution < -0.4 is 0 Å². The number of Topliss-reactive ketones (excluding diaryl/α,β-unsaturated/α-hetero) is 1. The number of rotatable bonds is 10. The van der Waals surface area contributed by atoms with Crippen LogP contribution in [0.15, 0.2) is 11.3 Å². The van der Waals surface area contributed by atoms with Crippen molar-refractivity contribution in [2.24, 2.45) is 23.7 Å². The monoisotopic (exact) mass is 452 g/mol. The second kappa shape index (κ2) is 11.1. The number of carbonyl (C=O) groups is 1. The Morgan fingerprint density at radius 2 is 1.50 bits per heavy atom. The molecule has 176 valence electrons. The number of allylic oxidation sites excluding steroid dienone is 2. The van der Waals surface area contributed by atoms with E-state index in [0.717, 1.165) is 19.4 Å². The molecule has 4 atom stereocenters. The van der Waals surface area contributed by atoms with Gasteiger partial charge >= 0.3 is 0 Å². The lowest BCUT2D eigenvalue weighted by Gasteiger charge is -2.44. The first-order chi connectivity index (χ1) is 13.7. The predicted octanol–water partition coefficient (Wildman–Crippen LogP) is 8.26. The third-order valence-electron chi connectivity index (χ3n) is 8.20. The highest BCUT2D eigenvalue weighted by Crippen LogP contribution is 2.43. The molecule has 0 amide bonds. The SMILES string of the molecule is C/C(=C\C[C@@H]1C(=O)[C@H]([C@@H](C)CO[Si](C(C)C)(C(C)C)C(C)C)CC[C@H]1C)[Si](C)(C)C. The lowest BCUT2D eigenvalue weighted by molar-refractivity contribution is -0.133. The van der Waals surface area contributed by atoms with Crippen molar-refractivity contribution in [3.8, 4) is 0 Å². The minimum absolute atomic E-state index is 0.171. The Morgan fingerprint density at radius 1 is 1.00 bits per heavy atom. The van der Waals surface area contributed by atoms with Crippen LogP contribution >= 0.6 is 0 Å². The molecule has 0 saturated heterocycles. The summed E-state index contributed by atoms with van der Waals surface area (Å²) in [4.78, 5) is 13.5. The molecule has 0 aromatic rings. The lowest BCUT2D eigenvalue weighted by Crippen LogP contribution is -2.49. The fourth-order valence-corrected chi connectivity index (χ4v) is 12.0. The number of ketones is 1. The van der Waals surface area contributed by atoms with E-state index in [1.807, 2.05) is 0 Å². The Hall–Kier alpha value is -0.196. The molecular weight excluding hydrogens is 400 g/mol. The van der Waals surface area contributed by atoms with Gasteiger partial charge in [-0.05, 0) is 54.6 Å². The van der Waals surface area contributed by atoms with Crippen molar-refractivity contribution in [1.29, 1.82) is 0 Å². The molecule has 0 aliphatic heterocycles. The van der Waals surface area contributed by atoms with E-state index < -0.39 is 16.4 Å². The second-order valence-corrected chi connectivity index (χ2v) is 22.9. The fraction of sp³-hybridized carbons (Fsp3) is 0.885. The van der Waals surface area contributed by atoms with Gasteiger partial charge < -0.3 is 4.43 Å². The van der Waals surface area contributed by atoms with Crippen LogP contribution in [0.1, 0.15) is 81.6 Å². The molecule has 1 aliphatic rings. The van der Waals surface area contributed by atoms with Gasteiger partial charge in [0.15, 0.2) is 8.32 Å². The van der Waals surface area contributed by atoms with Gasteiger partial charge in [0, 0.05) is 18.4 Å². The Labute approximate surface area is 190 Å². The maximum atomic E-state index is 13.5. The number of carbonyl (C=O) groups excluding carboxylic acids is 1. The normalized spacial score (nSPS) is 25.5. The summed E-state index contributed by atoms with van der Waals surface area (Å²) in [7, 11) is -3.13. The number of hydrogen-bond acceptors (Lipinski definition) is 2. The van der Waals surface area contributed by atoms with Crippen LogP contribution in [0.4, 0.5) is 0 Å². The molecule has 0 spiro atoms. The Kier molecular flexibility index (Phi) is 10.3. The van der Waals surface area contributed by atoms with E-state index in [1.165, 1.54) is 11.6 Å². The molecule has 0 unspecified atom stereocenters. The third-order valence-corrected chi connectivity index (χ3v) is 16.9. The van der Waals surface area contributed by atoms with Crippen LogP contribution in [-0.2, 0) is 9.22 Å². The Morgan fingerprint density at radius 3 is 1.93 bits per heavy atom. The molecule has 0 aromatic carbocycles. The molecule has 2 nitrogen and oxygen atoms in total. The maximum absolute atomic E-state index is 13.5. The topological polar surface area (TPSA) is 26.3 Å².